The van der Waals surface area contributed by atoms with Gasteiger partial charge in [-0.25, -0.2) is 9.97 Å². The fourth-order valence-corrected chi connectivity index (χ4v) is 4.98. The molecule has 2 atom stereocenters. The Morgan fingerprint density at radius 3 is 2.80 bits per heavy atom. The van der Waals surface area contributed by atoms with Gasteiger partial charge < -0.3 is 10.6 Å². The van der Waals surface area contributed by atoms with Gasteiger partial charge in [0, 0.05) is 42.8 Å². The number of hydrogen-bond acceptors (Lipinski definition) is 5. The fourth-order valence-electron chi connectivity index (χ4n) is 4.98. The standard InChI is InChI=1S/C23H29N7/c1-16-19(5-4-8-23(16,2)18-6-9-24-10-7-18)28-21-22-26-14-20(30(22)12-11-25-21)17-13-27-29(3)15-17/h4-5,8,11-16,18,24H,6-7,9-10H2,1-3H3,(H,25,28). The number of fused-ring (bicyclic) bond motifs is 1. The predicted octanol–water partition coefficient (Wildman–Crippen LogP) is 3.64. The molecule has 5 rings (SSSR count). The Hall–Kier alpha value is -2.93. The van der Waals surface area contributed by atoms with Crippen molar-refractivity contribution >= 4 is 11.5 Å². The summed E-state index contributed by atoms with van der Waals surface area (Å²) in [4.78, 5) is 9.29. The van der Waals surface area contributed by atoms with E-state index >= 15 is 0 Å². The average molecular weight is 404 g/mol. The van der Waals surface area contributed by atoms with Crippen molar-refractivity contribution in [3.63, 3.8) is 0 Å². The number of imidazole rings is 1. The van der Waals surface area contributed by atoms with E-state index in [0.29, 0.717) is 11.8 Å². The topological polar surface area (TPSA) is 72.1 Å². The van der Waals surface area contributed by atoms with Gasteiger partial charge in [-0.1, -0.05) is 26.0 Å². The fraction of sp³-hybridized carbons (Fsp3) is 0.435. The van der Waals surface area contributed by atoms with Gasteiger partial charge in [0.1, 0.15) is 0 Å². The normalized spacial score (nSPS) is 24.9. The van der Waals surface area contributed by atoms with Crippen LogP contribution in [0.5, 0.6) is 0 Å². The highest BCUT2D eigenvalue weighted by Gasteiger charge is 2.40. The quantitative estimate of drug-likeness (QED) is 0.696. The van der Waals surface area contributed by atoms with E-state index < -0.39 is 0 Å². The van der Waals surface area contributed by atoms with E-state index in [0.717, 1.165) is 35.8 Å². The largest absolute Gasteiger partial charge is 0.340 e. The van der Waals surface area contributed by atoms with E-state index in [1.54, 1.807) is 4.68 Å². The second-order valence-corrected chi connectivity index (χ2v) is 8.73. The van der Waals surface area contributed by atoms with Gasteiger partial charge in [-0.2, -0.15) is 5.10 Å². The van der Waals surface area contributed by atoms with Crippen molar-refractivity contribution in [3.05, 3.63) is 54.9 Å². The van der Waals surface area contributed by atoms with E-state index in [1.165, 1.54) is 18.5 Å². The minimum Gasteiger partial charge on any atom is -0.340 e. The highest BCUT2D eigenvalue weighted by atomic mass is 15.2. The van der Waals surface area contributed by atoms with Crippen LogP contribution >= 0.6 is 0 Å². The van der Waals surface area contributed by atoms with Gasteiger partial charge in [0.05, 0.1) is 18.1 Å². The van der Waals surface area contributed by atoms with Crippen LogP contribution in [0.1, 0.15) is 26.7 Å². The molecular weight excluding hydrogens is 374 g/mol. The van der Waals surface area contributed by atoms with Crippen molar-refractivity contribution < 1.29 is 0 Å². The van der Waals surface area contributed by atoms with Crippen molar-refractivity contribution in [2.24, 2.45) is 24.3 Å². The van der Waals surface area contributed by atoms with Crippen LogP contribution in [-0.2, 0) is 7.05 Å². The average Bonchev–Trinajstić information content (AvgIpc) is 3.39. The van der Waals surface area contributed by atoms with Crippen LogP contribution in [0.2, 0.25) is 0 Å². The number of nitrogens with one attached hydrogen (secondary N) is 2. The minimum atomic E-state index is 0.139. The molecule has 0 radical (unpaired) electrons. The van der Waals surface area contributed by atoms with Crippen molar-refractivity contribution in [1.29, 1.82) is 0 Å². The molecule has 3 aromatic heterocycles. The van der Waals surface area contributed by atoms with Crippen LogP contribution < -0.4 is 10.6 Å². The third kappa shape index (κ3) is 3.13. The van der Waals surface area contributed by atoms with Gasteiger partial charge >= 0.3 is 0 Å². The Labute approximate surface area is 176 Å². The lowest BCUT2D eigenvalue weighted by molar-refractivity contribution is 0.148. The number of hydrogen-bond donors (Lipinski definition) is 2. The predicted molar refractivity (Wildman–Crippen MR) is 119 cm³/mol. The van der Waals surface area contributed by atoms with E-state index in [1.807, 2.05) is 38.0 Å². The van der Waals surface area contributed by atoms with Gasteiger partial charge in [-0.15, -0.1) is 0 Å². The Balaban J connectivity index is 1.45. The van der Waals surface area contributed by atoms with Crippen LogP contribution in [0.3, 0.4) is 0 Å². The van der Waals surface area contributed by atoms with Crippen molar-refractivity contribution in [2.75, 3.05) is 18.4 Å². The molecular formula is C23H29N7. The van der Waals surface area contributed by atoms with E-state index in [9.17, 15) is 0 Å². The summed E-state index contributed by atoms with van der Waals surface area (Å²) in [5, 5.41) is 11.4. The lowest BCUT2D eigenvalue weighted by atomic mass is 9.63. The maximum absolute atomic E-state index is 4.67. The van der Waals surface area contributed by atoms with Crippen LogP contribution in [-0.4, -0.2) is 37.2 Å². The van der Waals surface area contributed by atoms with Crippen molar-refractivity contribution in [3.8, 4) is 11.3 Å². The molecule has 4 heterocycles. The number of nitrogens with zero attached hydrogens (tertiary/aromatic N) is 5. The zero-order valence-corrected chi connectivity index (χ0v) is 17.8. The third-order valence-electron chi connectivity index (χ3n) is 7.04. The smallest absolute Gasteiger partial charge is 0.180 e. The van der Waals surface area contributed by atoms with Crippen LogP contribution in [0, 0.1) is 17.3 Å². The summed E-state index contributed by atoms with van der Waals surface area (Å²) in [6.45, 7) is 6.96. The molecule has 7 nitrogen and oxygen atoms in total. The van der Waals surface area contributed by atoms with Gasteiger partial charge in [0.2, 0.25) is 0 Å². The van der Waals surface area contributed by atoms with Crippen molar-refractivity contribution in [1.82, 2.24) is 29.5 Å². The van der Waals surface area contributed by atoms with E-state index in [-0.39, 0.29) is 5.41 Å². The molecule has 0 bridgehead atoms. The number of piperidine rings is 1. The molecule has 1 aliphatic heterocycles. The second-order valence-electron chi connectivity index (χ2n) is 8.73. The first-order chi connectivity index (χ1) is 14.6. The molecule has 1 fully saturated rings. The summed E-state index contributed by atoms with van der Waals surface area (Å²) >= 11 is 0. The highest BCUT2D eigenvalue weighted by molar-refractivity contribution is 5.71. The minimum absolute atomic E-state index is 0.139. The van der Waals surface area contributed by atoms with Gasteiger partial charge in [-0.3, -0.25) is 9.08 Å². The lowest BCUT2D eigenvalue weighted by Gasteiger charge is -2.44. The first-order valence-corrected chi connectivity index (χ1v) is 10.7. The van der Waals surface area contributed by atoms with E-state index in [2.05, 4.69) is 62.2 Å². The number of anilines is 1. The summed E-state index contributed by atoms with van der Waals surface area (Å²) in [6, 6.07) is 0. The zero-order chi connectivity index (χ0) is 20.7. The van der Waals surface area contributed by atoms with Crippen LogP contribution in [0.4, 0.5) is 5.82 Å². The lowest BCUT2D eigenvalue weighted by Crippen LogP contribution is -2.41. The molecule has 0 saturated carbocycles. The molecule has 1 saturated heterocycles. The maximum Gasteiger partial charge on any atom is 0.180 e. The Kier molecular flexibility index (Phi) is 4.70. The zero-order valence-electron chi connectivity index (χ0n) is 17.8. The second kappa shape index (κ2) is 7.40. The van der Waals surface area contributed by atoms with Gasteiger partial charge in [-0.05, 0) is 43.3 Å². The number of aryl methyl sites for hydroxylation is 1. The summed E-state index contributed by atoms with van der Waals surface area (Å²) in [7, 11) is 1.92. The first kappa shape index (κ1) is 19.1. The maximum atomic E-state index is 4.67. The summed E-state index contributed by atoms with van der Waals surface area (Å²) in [5.41, 5.74) is 4.20. The van der Waals surface area contributed by atoms with Gasteiger partial charge in [0.25, 0.3) is 0 Å². The van der Waals surface area contributed by atoms with Crippen LogP contribution in [0.15, 0.2) is 54.9 Å². The molecule has 0 amide bonds. The molecule has 0 spiro atoms. The Morgan fingerprint density at radius 2 is 2.03 bits per heavy atom. The third-order valence-corrected chi connectivity index (χ3v) is 7.04. The Morgan fingerprint density at radius 1 is 1.20 bits per heavy atom. The molecule has 2 aliphatic rings. The SMILES string of the molecule is CC1C(Nc2nccn3c(-c4cnn(C)c4)cnc23)=CC=CC1(C)C1CCNCC1. The molecule has 0 aromatic carbocycles. The first-order valence-electron chi connectivity index (χ1n) is 10.7. The number of rotatable bonds is 4. The molecule has 2 N–H and O–H groups in total. The van der Waals surface area contributed by atoms with Crippen molar-refractivity contribution in [2.45, 2.75) is 26.7 Å². The Bertz CT molecular complexity index is 1120. The number of allylic oxidation sites excluding steroid dienone is 4. The molecule has 1 aliphatic carbocycles. The summed E-state index contributed by atoms with van der Waals surface area (Å²) < 4.78 is 3.87. The highest BCUT2D eigenvalue weighted by Crippen LogP contribution is 2.46. The summed E-state index contributed by atoms with van der Waals surface area (Å²) in [5.74, 6) is 1.84. The van der Waals surface area contributed by atoms with E-state index in [4.69, 9.17) is 0 Å². The molecule has 156 valence electrons. The molecule has 3 aromatic rings. The van der Waals surface area contributed by atoms with Crippen LogP contribution in [0.25, 0.3) is 16.9 Å². The monoisotopic (exact) mass is 403 g/mol. The summed E-state index contributed by atoms with van der Waals surface area (Å²) in [6.07, 6.45) is 18.8. The molecule has 2 unspecified atom stereocenters. The molecule has 30 heavy (non-hydrogen) atoms. The molecule has 7 heteroatoms. The number of aromatic nitrogens is 5. The van der Waals surface area contributed by atoms with Gasteiger partial charge in [0.15, 0.2) is 11.5 Å².